The molecule has 1 aliphatic rings. The first-order chi connectivity index (χ1) is 15.9. The van der Waals surface area contributed by atoms with Gasteiger partial charge in [0.25, 0.3) is 15.9 Å². The number of carbonyl (C=O) groups excluding carboxylic acids is 1. The third-order valence-electron chi connectivity index (χ3n) is 5.55. The zero-order valence-corrected chi connectivity index (χ0v) is 18.9. The van der Waals surface area contributed by atoms with Gasteiger partial charge in [-0.25, -0.2) is 13.4 Å². The van der Waals surface area contributed by atoms with Crippen molar-refractivity contribution in [3.8, 4) is 11.3 Å². The van der Waals surface area contributed by atoms with Gasteiger partial charge in [0.15, 0.2) is 0 Å². The third-order valence-corrected chi connectivity index (χ3v) is 7.60. The fourth-order valence-electron chi connectivity index (χ4n) is 3.76. The minimum absolute atomic E-state index is 0.108. The van der Waals surface area contributed by atoms with E-state index >= 15 is 0 Å². The minimum Gasteiger partial charge on any atom is -0.345 e. The number of aromatic nitrogens is 4. The fraction of sp³-hybridized carbons (Fsp3) is 0.182. The predicted octanol–water partition coefficient (Wildman–Crippen LogP) is 2.82. The van der Waals surface area contributed by atoms with E-state index in [1.807, 2.05) is 12.1 Å². The number of H-pyrrole nitrogens is 1. The molecule has 0 unspecified atom stereocenters. The zero-order chi connectivity index (χ0) is 23.0. The standard InChI is InChI=1S/C22H19ClN6O3S/c23-17-1-2-18-16(11-17)12-21(27-18)33(31,32)29-9-7-28(8-10-29)22(30)20-14-25-19(13-26-20)15-3-5-24-6-4-15/h1-6,11-14,27H,7-10H2. The summed E-state index contributed by atoms with van der Waals surface area (Å²) in [5.74, 6) is -0.277. The Bertz CT molecular complexity index is 1420. The number of benzene rings is 1. The van der Waals surface area contributed by atoms with Crippen molar-refractivity contribution >= 4 is 38.4 Å². The van der Waals surface area contributed by atoms with E-state index in [1.165, 1.54) is 10.5 Å². The van der Waals surface area contributed by atoms with Crippen molar-refractivity contribution in [3.05, 3.63) is 71.9 Å². The summed E-state index contributed by atoms with van der Waals surface area (Å²) in [5, 5.41) is 1.37. The van der Waals surface area contributed by atoms with E-state index in [4.69, 9.17) is 11.6 Å². The van der Waals surface area contributed by atoms with Crippen LogP contribution in [0.15, 0.2) is 66.2 Å². The lowest BCUT2D eigenvalue weighted by Crippen LogP contribution is -2.50. The van der Waals surface area contributed by atoms with E-state index in [0.717, 1.165) is 10.9 Å². The number of halogens is 1. The summed E-state index contributed by atoms with van der Waals surface area (Å²) in [5.41, 5.74) is 2.41. The second-order valence-electron chi connectivity index (χ2n) is 7.58. The van der Waals surface area contributed by atoms with Crippen LogP contribution in [-0.4, -0.2) is 69.6 Å². The molecule has 0 bridgehead atoms. The summed E-state index contributed by atoms with van der Waals surface area (Å²) >= 11 is 6.00. The van der Waals surface area contributed by atoms with Gasteiger partial charge < -0.3 is 9.88 Å². The van der Waals surface area contributed by atoms with Crippen molar-refractivity contribution in [1.82, 2.24) is 29.1 Å². The molecule has 11 heteroatoms. The molecule has 5 rings (SSSR count). The van der Waals surface area contributed by atoms with Crippen LogP contribution in [0.4, 0.5) is 0 Å². The molecule has 33 heavy (non-hydrogen) atoms. The first-order valence-electron chi connectivity index (χ1n) is 10.2. The van der Waals surface area contributed by atoms with E-state index < -0.39 is 10.0 Å². The SMILES string of the molecule is O=C(c1cnc(-c2ccncc2)cn1)N1CCN(S(=O)(=O)c2cc3cc(Cl)ccc3[nH]2)CC1. The number of carbonyl (C=O) groups is 1. The van der Waals surface area contributed by atoms with Gasteiger partial charge in [0.05, 0.1) is 18.1 Å². The Balaban J connectivity index is 1.26. The van der Waals surface area contributed by atoms with Crippen molar-refractivity contribution in [2.24, 2.45) is 0 Å². The quantitative estimate of drug-likeness (QED) is 0.478. The first kappa shape index (κ1) is 21.5. The van der Waals surface area contributed by atoms with Crippen molar-refractivity contribution in [3.63, 3.8) is 0 Å². The van der Waals surface area contributed by atoms with Crippen molar-refractivity contribution in [2.45, 2.75) is 5.03 Å². The second-order valence-corrected chi connectivity index (χ2v) is 9.93. The number of nitrogens with zero attached hydrogens (tertiary/aromatic N) is 5. The Labute approximate surface area is 195 Å². The zero-order valence-electron chi connectivity index (χ0n) is 17.3. The molecule has 0 spiro atoms. The summed E-state index contributed by atoms with van der Waals surface area (Å²) in [6, 6.07) is 10.4. The molecular formula is C22H19ClN6O3S. The summed E-state index contributed by atoms with van der Waals surface area (Å²) in [6.45, 7) is 0.898. The topological polar surface area (TPSA) is 112 Å². The van der Waals surface area contributed by atoms with Crippen LogP contribution in [0.25, 0.3) is 22.2 Å². The molecule has 4 heterocycles. The average molecular weight is 483 g/mol. The third kappa shape index (κ3) is 4.20. The van der Waals surface area contributed by atoms with Gasteiger partial charge in [0.1, 0.15) is 10.7 Å². The van der Waals surface area contributed by atoms with E-state index in [1.54, 1.807) is 47.8 Å². The van der Waals surface area contributed by atoms with Gasteiger partial charge in [-0.2, -0.15) is 4.31 Å². The Morgan fingerprint density at radius 3 is 2.42 bits per heavy atom. The van der Waals surface area contributed by atoms with E-state index in [0.29, 0.717) is 16.2 Å². The molecular weight excluding hydrogens is 464 g/mol. The van der Waals surface area contributed by atoms with Crippen molar-refractivity contribution < 1.29 is 13.2 Å². The van der Waals surface area contributed by atoms with Gasteiger partial charge in [-0.3, -0.25) is 14.8 Å². The Morgan fingerprint density at radius 1 is 0.970 bits per heavy atom. The van der Waals surface area contributed by atoms with Crippen LogP contribution < -0.4 is 0 Å². The predicted molar refractivity (Wildman–Crippen MR) is 123 cm³/mol. The number of piperazine rings is 1. The van der Waals surface area contributed by atoms with E-state index in [-0.39, 0.29) is 42.8 Å². The van der Waals surface area contributed by atoms with Gasteiger partial charge in [-0.15, -0.1) is 0 Å². The highest BCUT2D eigenvalue weighted by Gasteiger charge is 2.32. The number of pyridine rings is 1. The van der Waals surface area contributed by atoms with Gasteiger partial charge in [0, 0.05) is 60.1 Å². The molecule has 0 radical (unpaired) electrons. The maximum atomic E-state index is 13.1. The number of sulfonamides is 1. The second kappa shape index (κ2) is 8.54. The summed E-state index contributed by atoms with van der Waals surface area (Å²) in [4.78, 5) is 29.9. The highest BCUT2D eigenvalue weighted by molar-refractivity contribution is 7.89. The number of amides is 1. The molecule has 3 aromatic heterocycles. The van der Waals surface area contributed by atoms with Crippen LogP contribution in [0.5, 0.6) is 0 Å². The van der Waals surface area contributed by atoms with Crippen LogP contribution in [-0.2, 0) is 10.0 Å². The molecule has 4 aromatic rings. The lowest BCUT2D eigenvalue weighted by Gasteiger charge is -2.33. The summed E-state index contributed by atoms with van der Waals surface area (Å²) in [6.07, 6.45) is 6.31. The smallest absolute Gasteiger partial charge is 0.274 e. The lowest BCUT2D eigenvalue weighted by atomic mass is 10.2. The molecule has 1 N–H and O–H groups in total. The number of hydrogen-bond acceptors (Lipinski definition) is 6. The Hall–Kier alpha value is -3.34. The van der Waals surface area contributed by atoms with Crippen molar-refractivity contribution in [1.29, 1.82) is 0 Å². The van der Waals surface area contributed by atoms with Crippen LogP contribution in [0.1, 0.15) is 10.5 Å². The number of hydrogen-bond donors (Lipinski definition) is 1. The normalized spacial score (nSPS) is 15.1. The molecule has 0 aliphatic carbocycles. The van der Waals surface area contributed by atoms with Crippen LogP contribution in [0.2, 0.25) is 5.02 Å². The molecule has 1 aliphatic heterocycles. The van der Waals surface area contributed by atoms with Gasteiger partial charge in [-0.05, 0) is 36.4 Å². The number of aromatic amines is 1. The lowest BCUT2D eigenvalue weighted by molar-refractivity contribution is 0.0691. The maximum Gasteiger partial charge on any atom is 0.274 e. The summed E-state index contributed by atoms with van der Waals surface area (Å²) in [7, 11) is -3.72. The number of rotatable bonds is 4. The molecule has 1 aromatic carbocycles. The van der Waals surface area contributed by atoms with Gasteiger partial charge in [-0.1, -0.05) is 11.6 Å². The Kier molecular flexibility index (Phi) is 5.57. The highest BCUT2D eigenvalue weighted by Crippen LogP contribution is 2.25. The maximum absolute atomic E-state index is 13.1. The number of nitrogens with one attached hydrogen (secondary N) is 1. The molecule has 0 atom stereocenters. The van der Waals surface area contributed by atoms with Crippen LogP contribution in [0.3, 0.4) is 0 Å². The van der Waals surface area contributed by atoms with E-state index in [9.17, 15) is 13.2 Å². The molecule has 0 saturated carbocycles. The summed E-state index contributed by atoms with van der Waals surface area (Å²) < 4.78 is 27.6. The number of fused-ring (bicyclic) bond motifs is 1. The van der Waals surface area contributed by atoms with Crippen molar-refractivity contribution in [2.75, 3.05) is 26.2 Å². The molecule has 1 fully saturated rings. The molecule has 1 saturated heterocycles. The van der Waals surface area contributed by atoms with E-state index in [2.05, 4.69) is 19.9 Å². The average Bonchev–Trinajstić information content (AvgIpc) is 3.28. The Morgan fingerprint density at radius 2 is 1.73 bits per heavy atom. The largest absolute Gasteiger partial charge is 0.345 e. The minimum atomic E-state index is -3.72. The fourth-order valence-corrected chi connectivity index (χ4v) is 5.38. The molecule has 9 nitrogen and oxygen atoms in total. The first-order valence-corrected chi connectivity index (χ1v) is 12.0. The molecule has 168 valence electrons. The monoisotopic (exact) mass is 482 g/mol. The highest BCUT2D eigenvalue weighted by atomic mass is 35.5. The van der Waals surface area contributed by atoms with Gasteiger partial charge >= 0.3 is 0 Å². The van der Waals surface area contributed by atoms with Crippen LogP contribution in [0, 0.1) is 0 Å². The van der Waals surface area contributed by atoms with Gasteiger partial charge in [0.2, 0.25) is 0 Å². The van der Waals surface area contributed by atoms with Crippen LogP contribution >= 0.6 is 11.6 Å². The molecule has 1 amide bonds.